The van der Waals surface area contributed by atoms with Gasteiger partial charge in [-0.15, -0.1) is 0 Å². The quantitative estimate of drug-likeness (QED) is 0.682. The van der Waals surface area contributed by atoms with E-state index < -0.39 is 0 Å². The van der Waals surface area contributed by atoms with Crippen molar-refractivity contribution in [3.63, 3.8) is 0 Å². The fourth-order valence-corrected chi connectivity index (χ4v) is 2.32. The zero-order valence-electron chi connectivity index (χ0n) is 9.76. The van der Waals surface area contributed by atoms with Crippen LogP contribution in [0.2, 0.25) is 0 Å². The number of hydrogen-bond acceptors (Lipinski definition) is 2. The minimum atomic E-state index is 0.678. The lowest BCUT2D eigenvalue weighted by Gasteiger charge is -2.17. The van der Waals surface area contributed by atoms with E-state index in [4.69, 9.17) is 0 Å². The topological polar surface area (TPSA) is 12.0 Å². The highest BCUT2D eigenvalue weighted by atomic mass is 32.2. The number of hydrogen-bond donors (Lipinski definition) is 1. The second-order valence-electron chi connectivity index (χ2n) is 4.07. The van der Waals surface area contributed by atoms with Crippen LogP contribution >= 0.6 is 11.8 Å². The predicted octanol–water partition coefficient (Wildman–Crippen LogP) is 3.15. The summed E-state index contributed by atoms with van der Waals surface area (Å²) in [4.78, 5) is 0. The third-order valence-electron chi connectivity index (χ3n) is 2.42. The van der Waals surface area contributed by atoms with Crippen molar-refractivity contribution >= 4 is 11.8 Å². The van der Waals surface area contributed by atoms with E-state index in [2.05, 4.69) is 51.7 Å². The van der Waals surface area contributed by atoms with Crippen LogP contribution in [0.5, 0.6) is 0 Å². The molecule has 0 aromatic carbocycles. The van der Waals surface area contributed by atoms with E-state index in [1.165, 1.54) is 12.2 Å². The van der Waals surface area contributed by atoms with E-state index in [1.807, 2.05) is 0 Å². The molecule has 0 aliphatic rings. The summed E-state index contributed by atoms with van der Waals surface area (Å²) in [5, 5.41) is 4.23. The van der Waals surface area contributed by atoms with Gasteiger partial charge in [-0.2, -0.15) is 11.8 Å². The molecule has 0 rings (SSSR count). The van der Waals surface area contributed by atoms with Crippen LogP contribution in [0.25, 0.3) is 0 Å². The van der Waals surface area contributed by atoms with Crippen LogP contribution in [0.15, 0.2) is 0 Å². The predicted molar refractivity (Wildman–Crippen MR) is 64.5 cm³/mol. The Kier molecular flexibility index (Phi) is 7.87. The highest BCUT2D eigenvalue weighted by Crippen LogP contribution is 2.19. The van der Waals surface area contributed by atoms with Gasteiger partial charge < -0.3 is 5.32 Å². The van der Waals surface area contributed by atoms with Crippen molar-refractivity contribution in [2.24, 2.45) is 5.92 Å². The lowest BCUT2D eigenvalue weighted by atomic mass is 10.2. The monoisotopic (exact) mass is 203 g/mol. The molecule has 0 heterocycles. The minimum Gasteiger partial charge on any atom is -0.315 e. The third-order valence-corrected chi connectivity index (χ3v) is 3.96. The van der Waals surface area contributed by atoms with Crippen molar-refractivity contribution in [3.05, 3.63) is 0 Å². The average molecular weight is 203 g/mol. The van der Waals surface area contributed by atoms with Crippen molar-refractivity contribution in [1.82, 2.24) is 5.32 Å². The second-order valence-corrected chi connectivity index (χ2v) is 5.55. The van der Waals surface area contributed by atoms with Gasteiger partial charge in [0.25, 0.3) is 0 Å². The van der Waals surface area contributed by atoms with Crippen molar-refractivity contribution in [1.29, 1.82) is 0 Å². The Hall–Kier alpha value is 0.310. The molecule has 0 bridgehead atoms. The summed E-state index contributed by atoms with van der Waals surface area (Å²) in [7, 11) is 0. The Labute approximate surface area is 88.1 Å². The number of rotatable bonds is 7. The van der Waals surface area contributed by atoms with E-state index in [-0.39, 0.29) is 0 Å². The Balaban J connectivity index is 3.33. The lowest BCUT2D eigenvalue weighted by Crippen LogP contribution is -2.26. The summed E-state index contributed by atoms with van der Waals surface area (Å²) in [6.45, 7) is 12.4. The van der Waals surface area contributed by atoms with Gasteiger partial charge in [-0.05, 0) is 31.6 Å². The molecule has 0 fully saturated rings. The van der Waals surface area contributed by atoms with E-state index in [9.17, 15) is 0 Å². The molecule has 0 saturated heterocycles. The molecule has 2 atom stereocenters. The summed E-state index contributed by atoms with van der Waals surface area (Å²) in [6, 6.07) is 0.678. The molecule has 2 heteroatoms. The maximum Gasteiger partial charge on any atom is 0.00464 e. The molecular weight excluding hydrogens is 178 g/mol. The van der Waals surface area contributed by atoms with E-state index in [0.717, 1.165) is 17.7 Å². The van der Waals surface area contributed by atoms with Crippen LogP contribution in [-0.2, 0) is 0 Å². The Bertz CT molecular complexity index is 115. The largest absolute Gasteiger partial charge is 0.315 e. The third kappa shape index (κ3) is 7.39. The van der Waals surface area contributed by atoms with Gasteiger partial charge in [0.1, 0.15) is 0 Å². The van der Waals surface area contributed by atoms with Gasteiger partial charge in [0.05, 0.1) is 0 Å². The molecule has 2 unspecified atom stereocenters. The fraction of sp³-hybridized carbons (Fsp3) is 1.00. The molecule has 1 N–H and O–H groups in total. The lowest BCUT2D eigenvalue weighted by molar-refractivity contribution is 0.555. The van der Waals surface area contributed by atoms with E-state index in [1.54, 1.807) is 0 Å². The molecule has 80 valence electrons. The second kappa shape index (κ2) is 7.69. The molecule has 0 aromatic rings. The van der Waals surface area contributed by atoms with Gasteiger partial charge in [0, 0.05) is 11.3 Å². The minimum absolute atomic E-state index is 0.678. The van der Waals surface area contributed by atoms with Crippen LogP contribution in [0.1, 0.15) is 41.0 Å². The van der Waals surface area contributed by atoms with Gasteiger partial charge in [-0.3, -0.25) is 0 Å². The van der Waals surface area contributed by atoms with Crippen molar-refractivity contribution in [2.75, 3.05) is 12.3 Å². The molecule has 13 heavy (non-hydrogen) atoms. The van der Waals surface area contributed by atoms with Gasteiger partial charge >= 0.3 is 0 Å². The summed E-state index contributed by atoms with van der Waals surface area (Å²) >= 11 is 2.10. The fourth-order valence-electron chi connectivity index (χ4n) is 1.07. The molecule has 0 aromatic heterocycles. The maximum absolute atomic E-state index is 3.44. The van der Waals surface area contributed by atoms with Crippen molar-refractivity contribution in [2.45, 2.75) is 52.3 Å². The number of thioether (sulfide) groups is 1. The molecule has 0 aliphatic heterocycles. The molecule has 0 spiro atoms. The molecular formula is C11H25NS. The molecule has 0 aliphatic carbocycles. The molecule has 0 radical (unpaired) electrons. The van der Waals surface area contributed by atoms with Gasteiger partial charge in [-0.25, -0.2) is 0 Å². The summed E-state index contributed by atoms with van der Waals surface area (Å²) < 4.78 is 0. The highest BCUT2D eigenvalue weighted by molar-refractivity contribution is 7.99. The SMILES string of the molecule is CCNC(C)CCSC(C)C(C)C. The molecule has 0 saturated carbocycles. The first-order valence-corrected chi connectivity index (χ1v) is 6.47. The van der Waals surface area contributed by atoms with Crippen LogP contribution in [0, 0.1) is 5.92 Å². The average Bonchev–Trinajstić information content (AvgIpc) is 2.04. The molecule has 1 nitrogen and oxygen atoms in total. The molecule has 0 amide bonds. The Morgan fingerprint density at radius 3 is 2.23 bits per heavy atom. The van der Waals surface area contributed by atoms with E-state index in [0.29, 0.717) is 6.04 Å². The van der Waals surface area contributed by atoms with Crippen LogP contribution in [0.3, 0.4) is 0 Å². The first-order chi connectivity index (χ1) is 6.07. The zero-order chi connectivity index (χ0) is 10.3. The summed E-state index contributed by atoms with van der Waals surface area (Å²) in [5.41, 5.74) is 0. The van der Waals surface area contributed by atoms with Crippen molar-refractivity contribution in [3.8, 4) is 0 Å². The van der Waals surface area contributed by atoms with Gasteiger partial charge in [-0.1, -0.05) is 27.7 Å². The summed E-state index contributed by atoms with van der Waals surface area (Å²) in [6.07, 6.45) is 1.29. The summed E-state index contributed by atoms with van der Waals surface area (Å²) in [5.74, 6) is 2.09. The van der Waals surface area contributed by atoms with Crippen LogP contribution in [0.4, 0.5) is 0 Å². The van der Waals surface area contributed by atoms with Gasteiger partial charge in [0.15, 0.2) is 0 Å². The first-order valence-electron chi connectivity index (χ1n) is 5.42. The van der Waals surface area contributed by atoms with Gasteiger partial charge in [0.2, 0.25) is 0 Å². The number of nitrogens with one attached hydrogen (secondary N) is 1. The van der Waals surface area contributed by atoms with Crippen molar-refractivity contribution < 1.29 is 0 Å². The van der Waals surface area contributed by atoms with Crippen LogP contribution < -0.4 is 5.32 Å². The smallest absolute Gasteiger partial charge is 0.00464 e. The first kappa shape index (κ1) is 13.3. The Morgan fingerprint density at radius 2 is 1.77 bits per heavy atom. The normalized spacial score (nSPS) is 16.2. The van der Waals surface area contributed by atoms with E-state index >= 15 is 0 Å². The zero-order valence-corrected chi connectivity index (χ0v) is 10.6. The Morgan fingerprint density at radius 1 is 1.15 bits per heavy atom. The maximum atomic E-state index is 3.44. The standard InChI is InChI=1S/C11H25NS/c1-6-12-10(4)7-8-13-11(5)9(2)3/h9-12H,6-8H2,1-5H3. The van der Waals surface area contributed by atoms with Crippen LogP contribution in [-0.4, -0.2) is 23.6 Å². The highest BCUT2D eigenvalue weighted by Gasteiger charge is 2.07.